The molecule has 0 aromatic rings. The van der Waals surface area contributed by atoms with E-state index in [1.807, 2.05) is 6.92 Å². The number of rotatable bonds is 5. The van der Waals surface area contributed by atoms with Crippen LogP contribution in [0.5, 0.6) is 0 Å². The second-order valence-electron chi connectivity index (χ2n) is 4.71. The first kappa shape index (κ1) is 53.2. The van der Waals surface area contributed by atoms with Crippen LogP contribution in [-0.4, -0.2) is 86.5 Å². The third-order valence-corrected chi connectivity index (χ3v) is 2.06. The molecule has 0 spiro atoms. The molecule has 30 heteroatoms. The van der Waals surface area contributed by atoms with E-state index in [4.69, 9.17) is 76.3 Å². The van der Waals surface area contributed by atoms with Crippen LogP contribution in [0.15, 0.2) is 0 Å². The van der Waals surface area contributed by atoms with Gasteiger partial charge in [-0.3, -0.25) is 53.5 Å². The first-order valence-corrected chi connectivity index (χ1v) is 16.4. The van der Waals surface area contributed by atoms with Gasteiger partial charge in [0.1, 0.15) is 0 Å². The van der Waals surface area contributed by atoms with Crippen LogP contribution in [0.3, 0.4) is 0 Å². The fraction of sp³-hybridized carbons (Fsp3) is 1.00. The van der Waals surface area contributed by atoms with Crippen LogP contribution < -0.4 is 0 Å². The maximum absolute atomic E-state index is 10.4. The van der Waals surface area contributed by atoms with Crippen molar-refractivity contribution in [2.24, 2.45) is 0 Å². The van der Waals surface area contributed by atoms with Crippen LogP contribution in [0.2, 0.25) is 0 Å². The third-order valence-electron chi connectivity index (χ3n) is 1.26. The van der Waals surface area contributed by atoms with E-state index in [1.54, 1.807) is 0 Å². The Morgan fingerprint density at radius 1 is 0.528 bits per heavy atom. The SMILES string of the molecule is CCCCCCS(=O)(=O)O.O=P(O)(O)F.O=P(O)(O)F.O=P(O)(O)F.O=P(O)(O)F.O=P(O)(O)F.[LiH]. The van der Waals surface area contributed by atoms with Crippen molar-refractivity contribution in [3.63, 3.8) is 0 Å². The van der Waals surface area contributed by atoms with E-state index in [9.17, 15) is 29.4 Å². The van der Waals surface area contributed by atoms with E-state index < -0.39 is 49.7 Å². The predicted molar refractivity (Wildman–Crippen MR) is 113 cm³/mol. The normalized spacial score (nSPS) is 11.5. The quantitative estimate of drug-likeness (QED) is 0.0638. The molecule has 0 atom stereocenters. The maximum atomic E-state index is 10.4. The summed E-state index contributed by atoms with van der Waals surface area (Å²) in [5.74, 6) is -0.0903. The molecule has 0 aromatic heterocycles. The summed E-state index contributed by atoms with van der Waals surface area (Å²) in [6, 6.07) is 0. The average Bonchev–Trinajstić information content (AvgIpc) is 2.32. The summed E-state index contributed by atoms with van der Waals surface area (Å²) in [4.78, 5) is 69.7. The Kier molecular flexibility index (Phi) is 36.8. The number of hydrogen-bond donors (Lipinski definition) is 11. The summed E-state index contributed by atoms with van der Waals surface area (Å²) in [6.07, 6.45) is 3.57. The van der Waals surface area contributed by atoms with E-state index in [0.717, 1.165) is 19.3 Å². The first-order chi connectivity index (χ1) is 14.6. The van der Waals surface area contributed by atoms with E-state index in [-0.39, 0.29) is 24.6 Å². The number of hydrogen-bond acceptors (Lipinski definition) is 7. The second kappa shape index (κ2) is 24.9. The summed E-state index contributed by atoms with van der Waals surface area (Å²) in [5, 5.41) is 0. The van der Waals surface area contributed by atoms with Crippen LogP contribution in [0.25, 0.3) is 0 Å². The van der Waals surface area contributed by atoms with Gasteiger partial charge >= 0.3 is 58.4 Å². The van der Waals surface area contributed by atoms with Crippen molar-refractivity contribution in [2.45, 2.75) is 32.6 Å². The molecule has 0 aliphatic rings. The molecule has 0 amide bonds. The Balaban J connectivity index is -0.0000000575. The zero-order valence-corrected chi connectivity index (χ0v) is 22.1. The molecule has 0 radical (unpaired) electrons. The van der Waals surface area contributed by atoms with Gasteiger partial charge in [0.15, 0.2) is 0 Å². The van der Waals surface area contributed by atoms with Gasteiger partial charge < -0.3 is 0 Å². The Labute approximate surface area is 212 Å². The van der Waals surface area contributed by atoms with Crippen LogP contribution in [0.4, 0.5) is 21.0 Å². The van der Waals surface area contributed by atoms with Crippen LogP contribution in [0, 0.1) is 0 Å². The molecule has 36 heavy (non-hydrogen) atoms. The first-order valence-electron chi connectivity index (χ1n) is 7.27. The number of halogens is 5. The van der Waals surface area contributed by atoms with Crippen molar-refractivity contribution in [3.05, 3.63) is 0 Å². The Hall–Kier alpha value is 0.907. The van der Waals surface area contributed by atoms with Crippen molar-refractivity contribution in [3.8, 4) is 0 Å². The van der Waals surface area contributed by atoms with Gasteiger partial charge in [-0.25, -0.2) is 22.8 Å². The minimum absolute atomic E-state index is 0. The standard InChI is InChI=1S/C6H14O3S.5FH2O3P.Li.H/c1-2-3-4-5-6-10(7,8)9;5*1-5(2,3)4;;/h2-6H2,1H3,(H,7,8,9);5*(H2,2,3,4);;. The molecule has 224 valence electrons. The molecule has 0 bridgehead atoms. The van der Waals surface area contributed by atoms with Crippen LogP contribution >= 0.6 is 39.5 Å². The molecule has 0 heterocycles. The molecular formula is C6H25F5LiO18P5S. The molecule has 18 nitrogen and oxygen atoms in total. The molecule has 0 rings (SSSR count). The summed E-state index contributed by atoms with van der Waals surface area (Å²) < 4.78 is 124. The Bertz CT molecular complexity index is 687. The Morgan fingerprint density at radius 3 is 0.806 bits per heavy atom. The van der Waals surface area contributed by atoms with Gasteiger partial charge in [-0.1, -0.05) is 26.2 Å². The fourth-order valence-electron chi connectivity index (χ4n) is 0.711. The molecule has 0 fully saturated rings. The molecule has 0 aliphatic heterocycles. The van der Waals surface area contributed by atoms with E-state index in [2.05, 4.69) is 0 Å². The average molecular weight is 674 g/mol. The summed E-state index contributed by atoms with van der Waals surface area (Å²) in [7, 11) is -29.4. The summed E-state index contributed by atoms with van der Waals surface area (Å²) in [5.41, 5.74) is 0. The van der Waals surface area contributed by atoms with Crippen LogP contribution in [-0.2, 0) is 32.9 Å². The summed E-state index contributed by atoms with van der Waals surface area (Å²) >= 11 is 0. The molecule has 11 N–H and O–H groups in total. The van der Waals surface area contributed by atoms with Crippen molar-refractivity contribution in [1.82, 2.24) is 0 Å². The molecule has 0 aromatic carbocycles. The topological polar surface area (TPSA) is 342 Å². The van der Waals surface area contributed by atoms with Gasteiger partial charge in [0.25, 0.3) is 10.1 Å². The number of unbranched alkanes of at least 4 members (excludes halogenated alkanes) is 3. The van der Waals surface area contributed by atoms with Gasteiger partial charge in [-0.05, 0) is 6.42 Å². The van der Waals surface area contributed by atoms with Crippen molar-refractivity contribution >= 4 is 68.5 Å². The summed E-state index contributed by atoms with van der Waals surface area (Å²) in [6.45, 7) is 2.05. The van der Waals surface area contributed by atoms with Gasteiger partial charge in [-0.15, -0.1) is 21.0 Å². The minimum atomic E-state index is -5.14. The molecular weight excluding hydrogens is 649 g/mol. The predicted octanol–water partition coefficient (Wildman–Crippen LogP) is 1.05. The van der Waals surface area contributed by atoms with Gasteiger partial charge in [0.05, 0.1) is 5.75 Å². The second-order valence-corrected chi connectivity index (χ2v) is 11.0. The van der Waals surface area contributed by atoms with E-state index >= 15 is 0 Å². The fourth-order valence-corrected chi connectivity index (χ4v) is 1.28. The zero-order chi connectivity index (χ0) is 30.5. The van der Waals surface area contributed by atoms with E-state index in [1.165, 1.54) is 0 Å². The van der Waals surface area contributed by atoms with E-state index in [0.29, 0.717) is 6.42 Å². The zero-order valence-electron chi connectivity index (χ0n) is 16.8. The Morgan fingerprint density at radius 2 is 0.694 bits per heavy atom. The van der Waals surface area contributed by atoms with Crippen molar-refractivity contribution < 1.29 is 106 Å². The van der Waals surface area contributed by atoms with Gasteiger partial charge in [-0.2, -0.15) is 8.42 Å². The molecule has 0 saturated carbocycles. The molecule has 0 saturated heterocycles. The van der Waals surface area contributed by atoms with Gasteiger partial charge in [0.2, 0.25) is 0 Å². The van der Waals surface area contributed by atoms with Crippen LogP contribution in [0.1, 0.15) is 32.6 Å². The third kappa shape index (κ3) is 642. The molecule has 0 aliphatic carbocycles. The van der Waals surface area contributed by atoms with Crippen molar-refractivity contribution in [2.75, 3.05) is 5.75 Å². The van der Waals surface area contributed by atoms with Crippen molar-refractivity contribution in [1.29, 1.82) is 0 Å². The molecule has 0 unspecified atom stereocenters. The monoisotopic (exact) mass is 674 g/mol. The van der Waals surface area contributed by atoms with Gasteiger partial charge in [0, 0.05) is 0 Å².